The molecule has 2 aromatic rings. The number of nitrogens with one attached hydrogen (secondary N) is 1. The molecule has 1 amide bonds. The number of nitrogens with zero attached hydrogens (tertiary/aromatic N) is 2. The maximum Gasteiger partial charge on any atom is 0.275 e. The molecule has 1 aliphatic rings. The van der Waals surface area contributed by atoms with Gasteiger partial charge in [0.15, 0.2) is 4.83 Å². The quantitative estimate of drug-likeness (QED) is 0.721. The highest BCUT2D eigenvalue weighted by Crippen LogP contribution is 2.32. The van der Waals surface area contributed by atoms with Gasteiger partial charge in [-0.2, -0.15) is 0 Å². The van der Waals surface area contributed by atoms with Gasteiger partial charge < -0.3 is 19.5 Å². The van der Waals surface area contributed by atoms with Crippen molar-refractivity contribution >= 4 is 27.6 Å². The van der Waals surface area contributed by atoms with Crippen molar-refractivity contribution in [3.63, 3.8) is 0 Å². The Morgan fingerprint density at radius 3 is 2.88 bits per heavy atom. The number of carbonyl (C=O) groups is 1. The van der Waals surface area contributed by atoms with Gasteiger partial charge in [-0.25, -0.2) is 9.97 Å². The average Bonchev–Trinajstić information content (AvgIpc) is 2.94. The molecule has 0 unspecified atom stereocenters. The van der Waals surface area contributed by atoms with Crippen molar-refractivity contribution in [1.29, 1.82) is 0 Å². The normalized spacial score (nSPS) is 20.4. The molecule has 0 radical (unpaired) electrons. The van der Waals surface area contributed by atoms with Gasteiger partial charge in [0.2, 0.25) is 11.8 Å². The van der Waals surface area contributed by atoms with Gasteiger partial charge >= 0.3 is 0 Å². The van der Waals surface area contributed by atoms with Crippen LogP contribution in [0, 0.1) is 5.92 Å². The zero-order valence-corrected chi connectivity index (χ0v) is 16.2. The van der Waals surface area contributed by atoms with Crippen LogP contribution in [0.25, 0.3) is 10.3 Å². The summed E-state index contributed by atoms with van der Waals surface area (Å²) in [5.41, 5.74) is 0.830. The second kappa shape index (κ2) is 8.64. The third kappa shape index (κ3) is 5.04. The predicted molar refractivity (Wildman–Crippen MR) is 99.8 cm³/mol. The van der Waals surface area contributed by atoms with Crippen LogP contribution in [0.2, 0.25) is 0 Å². The fourth-order valence-electron chi connectivity index (χ4n) is 2.86. The summed E-state index contributed by atoms with van der Waals surface area (Å²) in [6, 6.07) is 3.80. The van der Waals surface area contributed by atoms with E-state index in [0.29, 0.717) is 36.8 Å². The number of fused-ring (bicyclic) bond motifs is 1. The summed E-state index contributed by atoms with van der Waals surface area (Å²) >= 11 is 1.43. The molecule has 1 aliphatic carbocycles. The Bertz CT molecular complexity index is 745. The SMILES string of the molecule is CCOc1nc2ccc(OC[C@H]3C[C@H](OC[C@H](C)NC(C)=O)C3)nc2s1. The molecule has 0 aromatic carbocycles. The lowest BCUT2D eigenvalue weighted by atomic mass is 9.83. The van der Waals surface area contributed by atoms with Crippen LogP contribution in [0.15, 0.2) is 12.1 Å². The number of amides is 1. The smallest absolute Gasteiger partial charge is 0.275 e. The zero-order valence-electron chi connectivity index (χ0n) is 15.4. The van der Waals surface area contributed by atoms with Gasteiger partial charge in [0, 0.05) is 19.0 Å². The molecule has 142 valence electrons. The van der Waals surface area contributed by atoms with Gasteiger partial charge in [0.05, 0.1) is 25.9 Å². The van der Waals surface area contributed by atoms with Crippen molar-refractivity contribution in [3.8, 4) is 11.1 Å². The summed E-state index contributed by atoms with van der Waals surface area (Å²) in [7, 11) is 0. The summed E-state index contributed by atoms with van der Waals surface area (Å²) < 4.78 is 17.0. The van der Waals surface area contributed by atoms with E-state index in [1.54, 1.807) is 0 Å². The van der Waals surface area contributed by atoms with Crippen molar-refractivity contribution < 1.29 is 19.0 Å². The molecule has 0 aliphatic heterocycles. The first-order valence-electron chi connectivity index (χ1n) is 8.95. The van der Waals surface area contributed by atoms with Crippen molar-refractivity contribution in [2.24, 2.45) is 5.92 Å². The van der Waals surface area contributed by atoms with Crippen LogP contribution in [-0.2, 0) is 9.53 Å². The van der Waals surface area contributed by atoms with Crippen LogP contribution >= 0.6 is 11.3 Å². The fourth-order valence-corrected chi connectivity index (χ4v) is 3.70. The number of pyridine rings is 1. The molecule has 0 spiro atoms. The molecule has 1 atom stereocenters. The Morgan fingerprint density at radius 1 is 1.35 bits per heavy atom. The molecular weight excluding hydrogens is 354 g/mol. The molecule has 0 saturated heterocycles. The van der Waals surface area contributed by atoms with Crippen LogP contribution in [0.3, 0.4) is 0 Å². The summed E-state index contributed by atoms with van der Waals surface area (Å²) in [4.78, 5) is 20.7. The fraction of sp³-hybridized carbons (Fsp3) is 0.611. The number of aromatic nitrogens is 2. The lowest BCUT2D eigenvalue weighted by molar-refractivity contribution is -0.120. The number of carbonyl (C=O) groups excluding carboxylic acids is 1. The Morgan fingerprint density at radius 2 is 2.15 bits per heavy atom. The third-order valence-electron chi connectivity index (χ3n) is 4.17. The monoisotopic (exact) mass is 379 g/mol. The van der Waals surface area contributed by atoms with Crippen molar-refractivity contribution in [2.75, 3.05) is 19.8 Å². The number of hydrogen-bond donors (Lipinski definition) is 1. The summed E-state index contributed by atoms with van der Waals surface area (Å²) in [6.45, 7) is 7.17. The van der Waals surface area contributed by atoms with Crippen LogP contribution in [0.4, 0.5) is 0 Å². The van der Waals surface area contributed by atoms with E-state index in [-0.39, 0.29) is 18.1 Å². The molecule has 8 heteroatoms. The minimum Gasteiger partial charge on any atom is -0.477 e. The van der Waals surface area contributed by atoms with Crippen molar-refractivity contribution in [1.82, 2.24) is 15.3 Å². The standard InChI is InChI=1S/C18H25N3O4S/c1-4-23-18-20-15-5-6-16(21-17(15)26-18)25-10-13-7-14(8-13)24-9-11(2)19-12(3)22/h5-6,11,13-14H,4,7-10H2,1-3H3,(H,19,22)/t11-,13-,14-/m0/s1. The van der Waals surface area contributed by atoms with Crippen molar-refractivity contribution in [3.05, 3.63) is 12.1 Å². The molecule has 2 aromatic heterocycles. The van der Waals surface area contributed by atoms with E-state index in [2.05, 4.69) is 15.3 Å². The second-order valence-corrected chi connectivity index (χ2v) is 7.53. The topological polar surface area (TPSA) is 82.6 Å². The highest BCUT2D eigenvalue weighted by atomic mass is 32.1. The van der Waals surface area contributed by atoms with Gasteiger partial charge in [0.25, 0.3) is 5.19 Å². The van der Waals surface area contributed by atoms with E-state index in [1.807, 2.05) is 26.0 Å². The molecule has 1 fully saturated rings. The zero-order chi connectivity index (χ0) is 18.5. The summed E-state index contributed by atoms with van der Waals surface area (Å²) in [6.07, 6.45) is 2.21. The number of rotatable bonds is 9. The molecule has 3 rings (SSSR count). The van der Waals surface area contributed by atoms with E-state index in [4.69, 9.17) is 14.2 Å². The molecule has 26 heavy (non-hydrogen) atoms. The first-order valence-corrected chi connectivity index (χ1v) is 9.77. The minimum absolute atomic E-state index is 0.0280. The molecule has 0 bridgehead atoms. The minimum atomic E-state index is -0.0280. The first kappa shape index (κ1) is 18.8. The summed E-state index contributed by atoms with van der Waals surface area (Å²) in [5.74, 6) is 1.07. The summed E-state index contributed by atoms with van der Waals surface area (Å²) in [5, 5.41) is 3.46. The van der Waals surface area contributed by atoms with Crippen LogP contribution in [-0.4, -0.2) is 47.8 Å². The predicted octanol–water partition coefficient (Wildman–Crippen LogP) is 2.79. The first-order chi connectivity index (χ1) is 12.5. The third-order valence-corrected chi connectivity index (χ3v) is 5.05. The van der Waals surface area contributed by atoms with Gasteiger partial charge in [-0.3, -0.25) is 4.79 Å². The Labute approximate surface area is 157 Å². The van der Waals surface area contributed by atoms with E-state index in [0.717, 1.165) is 23.2 Å². The number of hydrogen-bond acceptors (Lipinski definition) is 7. The van der Waals surface area contributed by atoms with Gasteiger partial charge in [-0.1, -0.05) is 11.3 Å². The van der Waals surface area contributed by atoms with Crippen LogP contribution in [0.5, 0.6) is 11.1 Å². The average molecular weight is 379 g/mol. The Balaban J connectivity index is 1.39. The molecule has 1 saturated carbocycles. The molecule has 7 nitrogen and oxygen atoms in total. The highest BCUT2D eigenvalue weighted by Gasteiger charge is 2.30. The van der Waals surface area contributed by atoms with Gasteiger partial charge in [-0.05, 0) is 38.7 Å². The van der Waals surface area contributed by atoms with E-state index in [9.17, 15) is 4.79 Å². The molecule has 2 heterocycles. The molecular formula is C18H25N3O4S. The van der Waals surface area contributed by atoms with E-state index >= 15 is 0 Å². The van der Waals surface area contributed by atoms with Crippen LogP contribution < -0.4 is 14.8 Å². The second-order valence-electron chi connectivity index (χ2n) is 6.59. The maximum atomic E-state index is 11.0. The van der Waals surface area contributed by atoms with E-state index < -0.39 is 0 Å². The maximum absolute atomic E-state index is 11.0. The lowest BCUT2D eigenvalue weighted by Crippen LogP contribution is -2.40. The Hall–Kier alpha value is -1.93. The van der Waals surface area contributed by atoms with Crippen LogP contribution in [0.1, 0.15) is 33.6 Å². The van der Waals surface area contributed by atoms with Gasteiger partial charge in [0.1, 0.15) is 5.52 Å². The highest BCUT2D eigenvalue weighted by molar-refractivity contribution is 7.19. The van der Waals surface area contributed by atoms with E-state index in [1.165, 1.54) is 18.3 Å². The largest absolute Gasteiger partial charge is 0.477 e. The van der Waals surface area contributed by atoms with Crippen molar-refractivity contribution in [2.45, 2.75) is 45.8 Å². The number of thiazole rings is 1. The number of ether oxygens (including phenoxy) is 3. The van der Waals surface area contributed by atoms with Gasteiger partial charge in [-0.15, -0.1) is 0 Å². The molecule has 1 N–H and O–H groups in total. The Kier molecular flexibility index (Phi) is 6.26. The lowest BCUT2D eigenvalue weighted by Gasteiger charge is -2.35.